The van der Waals surface area contributed by atoms with E-state index in [1.54, 1.807) is 12.1 Å². The van der Waals surface area contributed by atoms with E-state index in [0.717, 1.165) is 38.8 Å². The van der Waals surface area contributed by atoms with E-state index in [2.05, 4.69) is 42.6 Å². The van der Waals surface area contributed by atoms with Gasteiger partial charge in [0.15, 0.2) is 0 Å². The predicted molar refractivity (Wildman–Crippen MR) is 134 cm³/mol. The third-order valence-electron chi connectivity index (χ3n) is 5.89. The fourth-order valence-corrected chi connectivity index (χ4v) is 4.10. The van der Waals surface area contributed by atoms with Crippen molar-refractivity contribution >= 4 is 16.7 Å². The minimum Gasteiger partial charge on any atom is -0.494 e. The van der Waals surface area contributed by atoms with Crippen LogP contribution in [0.5, 0.6) is 5.75 Å². The van der Waals surface area contributed by atoms with Crippen LogP contribution in [-0.4, -0.2) is 19.7 Å². The van der Waals surface area contributed by atoms with Crippen LogP contribution in [0.15, 0.2) is 78.9 Å². The van der Waals surface area contributed by atoms with Gasteiger partial charge in [0, 0.05) is 12.6 Å². The number of fused-ring (bicyclic) bond motifs is 1. The number of ether oxygens (including phenoxy) is 2. The minimum absolute atomic E-state index is 0.0737. The van der Waals surface area contributed by atoms with Crippen molar-refractivity contribution in [2.24, 2.45) is 0 Å². The average molecular weight is 458 g/mol. The van der Waals surface area contributed by atoms with Gasteiger partial charge in [-0.05, 0) is 83.3 Å². The summed E-state index contributed by atoms with van der Waals surface area (Å²) in [5, 5.41) is 5.70. The lowest BCUT2D eigenvalue weighted by Crippen LogP contribution is -2.18. The molecule has 0 aliphatic rings. The van der Waals surface area contributed by atoms with Crippen LogP contribution in [0, 0.1) is 5.82 Å². The van der Waals surface area contributed by atoms with Gasteiger partial charge >= 0.3 is 5.97 Å². The largest absolute Gasteiger partial charge is 0.494 e. The first-order valence-electron chi connectivity index (χ1n) is 11.4. The molecule has 0 aromatic heterocycles. The Bertz CT molecular complexity index is 1320. The topological polar surface area (TPSA) is 47.6 Å². The van der Waals surface area contributed by atoms with Crippen molar-refractivity contribution in [2.45, 2.75) is 26.4 Å². The van der Waals surface area contributed by atoms with Gasteiger partial charge in [-0.1, -0.05) is 42.5 Å². The first-order chi connectivity index (χ1) is 16.5. The Hall–Kier alpha value is -3.70. The number of nitrogens with one attached hydrogen (secondary N) is 1. The Kier molecular flexibility index (Phi) is 7.24. The van der Waals surface area contributed by atoms with Crippen molar-refractivity contribution in [3.05, 3.63) is 101 Å². The summed E-state index contributed by atoms with van der Waals surface area (Å²) in [7, 11) is 1.25. The second-order valence-corrected chi connectivity index (χ2v) is 8.16. The molecule has 0 saturated carbocycles. The van der Waals surface area contributed by atoms with Gasteiger partial charge < -0.3 is 14.8 Å². The number of benzene rings is 4. The third kappa shape index (κ3) is 5.10. The average Bonchev–Trinajstić information content (AvgIpc) is 2.87. The number of esters is 1. The van der Waals surface area contributed by atoms with Gasteiger partial charge in [0.2, 0.25) is 0 Å². The number of hydrogen-bond acceptors (Lipinski definition) is 4. The van der Waals surface area contributed by atoms with E-state index in [1.807, 2.05) is 37.3 Å². The molecule has 0 heterocycles. The van der Waals surface area contributed by atoms with Crippen molar-refractivity contribution in [1.29, 1.82) is 0 Å². The maximum atomic E-state index is 14.2. The highest BCUT2D eigenvalue weighted by Crippen LogP contribution is 2.32. The van der Waals surface area contributed by atoms with E-state index < -0.39 is 11.8 Å². The molecule has 1 N–H and O–H groups in total. The van der Waals surface area contributed by atoms with Crippen LogP contribution in [0.4, 0.5) is 4.39 Å². The quantitative estimate of drug-likeness (QED) is 0.300. The smallest absolute Gasteiger partial charge is 0.340 e. The van der Waals surface area contributed by atoms with Gasteiger partial charge in [0.25, 0.3) is 0 Å². The molecule has 4 aromatic rings. The zero-order valence-electron chi connectivity index (χ0n) is 19.6. The molecule has 0 radical (unpaired) electrons. The number of hydrogen-bond donors (Lipinski definition) is 1. The molecule has 0 spiro atoms. The fourth-order valence-electron chi connectivity index (χ4n) is 4.10. The molecule has 0 bridgehead atoms. The first kappa shape index (κ1) is 23.5. The van der Waals surface area contributed by atoms with E-state index >= 15 is 0 Å². The summed E-state index contributed by atoms with van der Waals surface area (Å²) in [6, 6.07) is 25.1. The molecule has 0 amide bonds. The van der Waals surface area contributed by atoms with Gasteiger partial charge in [-0.25, -0.2) is 9.18 Å². The molecule has 1 unspecified atom stereocenters. The molecule has 0 aliphatic heterocycles. The van der Waals surface area contributed by atoms with E-state index in [9.17, 15) is 9.18 Å². The molecule has 4 rings (SSSR count). The number of carbonyl (C=O) groups is 1. The highest BCUT2D eigenvalue weighted by Gasteiger charge is 2.15. The molecule has 0 saturated heterocycles. The molecule has 5 heteroatoms. The van der Waals surface area contributed by atoms with Gasteiger partial charge in [0.05, 0.1) is 19.3 Å². The van der Waals surface area contributed by atoms with E-state index in [4.69, 9.17) is 9.47 Å². The lowest BCUT2D eigenvalue weighted by atomic mass is 9.94. The van der Waals surface area contributed by atoms with Gasteiger partial charge in [-0.2, -0.15) is 0 Å². The van der Waals surface area contributed by atoms with Crippen molar-refractivity contribution in [1.82, 2.24) is 5.32 Å². The standard InChI is InChI=1S/C29H28FNO3/c1-4-34-24-10-7-9-21(16-24)19(2)31-18-20-14-22-8-5-6-11-25(22)26(15-20)23-12-13-28(30)27(17-23)29(32)33-3/h5-17,19,31H,4,18H2,1-3H3. The van der Waals surface area contributed by atoms with Crippen molar-refractivity contribution < 1.29 is 18.7 Å². The Morgan fingerprint density at radius 1 is 1.00 bits per heavy atom. The predicted octanol–water partition coefficient (Wildman–Crippen LogP) is 6.68. The van der Waals surface area contributed by atoms with Crippen LogP contribution in [-0.2, 0) is 11.3 Å². The van der Waals surface area contributed by atoms with Crippen LogP contribution < -0.4 is 10.1 Å². The normalized spacial score (nSPS) is 11.9. The molecule has 174 valence electrons. The molecule has 4 aromatic carbocycles. The number of rotatable bonds is 8. The Labute approximate surface area is 199 Å². The molecule has 4 nitrogen and oxygen atoms in total. The molecule has 0 fully saturated rings. The van der Waals surface area contributed by atoms with Crippen LogP contribution in [0.1, 0.15) is 41.4 Å². The van der Waals surface area contributed by atoms with Crippen molar-refractivity contribution in [3.63, 3.8) is 0 Å². The van der Waals surface area contributed by atoms with Crippen LogP contribution in [0.25, 0.3) is 21.9 Å². The third-order valence-corrected chi connectivity index (χ3v) is 5.89. The lowest BCUT2D eigenvalue weighted by molar-refractivity contribution is 0.0595. The molecular weight excluding hydrogens is 429 g/mol. The second kappa shape index (κ2) is 10.5. The second-order valence-electron chi connectivity index (χ2n) is 8.16. The van der Waals surface area contributed by atoms with Crippen LogP contribution in [0.3, 0.4) is 0 Å². The number of halogens is 1. The summed E-state index contributed by atoms with van der Waals surface area (Å²) in [4.78, 5) is 12.0. The Morgan fingerprint density at radius 2 is 1.82 bits per heavy atom. The van der Waals surface area contributed by atoms with Crippen molar-refractivity contribution in [3.8, 4) is 16.9 Å². The van der Waals surface area contributed by atoms with Gasteiger partial charge in [-0.3, -0.25) is 0 Å². The van der Waals surface area contributed by atoms with Gasteiger partial charge in [-0.15, -0.1) is 0 Å². The zero-order chi connectivity index (χ0) is 24.1. The fraction of sp³-hybridized carbons (Fsp3) is 0.207. The lowest BCUT2D eigenvalue weighted by Gasteiger charge is -2.17. The number of methoxy groups -OCH3 is 1. The SMILES string of the molecule is CCOc1cccc(C(C)NCc2cc(-c3ccc(F)c(C(=O)OC)c3)c3ccccc3c2)c1. The molecular formula is C29H28FNO3. The van der Waals surface area contributed by atoms with E-state index in [1.165, 1.54) is 13.2 Å². The molecule has 34 heavy (non-hydrogen) atoms. The number of carbonyl (C=O) groups excluding carboxylic acids is 1. The Balaban J connectivity index is 1.66. The molecule has 0 aliphatic carbocycles. The molecule has 1 atom stereocenters. The Morgan fingerprint density at radius 3 is 2.62 bits per heavy atom. The summed E-state index contributed by atoms with van der Waals surface area (Å²) >= 11 is 0. The maximum absolute atomic E-state index is 14.2. The monoisotopic (exact) mass is 457 g/mol. The summed E-state index contributed by atoms with van der Waals surface area (Å²) in [6.07, 6.45) is 0. The summed E-state index contributed by atoms with van der Waals surface area (Å²) in [6.45, 7) is 5.37. The van der Waals surface area contributed by atoms with E-state index in [-0.39, 0.29) is 11.6 Å². The summed E-state index contributed by atoms with van der Waals surface area (Å²) < 4.78 is 24.6. The first-order valence-corrected chi connectivity index (χ1v) is 11.4. The van der Waals surface area contributed by atoms with E-state index in [0.29, 0.717) is 13.2 Å². The van der Waals surface area contributed by atoms with Crippen molar-refractivity contribution in [2.75, 3.05) is 13.7 Å². The maximum Gasteiger partial charge on any atom is 0.340 e. The van der Waals surface area contributed by atoms with Gasteiger partial charge in [0.1, 0.15) is 11.6 Å². The highest BCUT2D eigenvalue weighted by atomic mass is 19.1. The summed E-state index contributed by atoms with van der Waals surface area (Å²) in [5.74, 6) is -0.426. The zero-order valence-corrected chi connectivity index (χ0v) is 19.6. The minimum atomic E-state index is -0.690. The summed E-state index contributed by atoms with van der Waals surface area (Å²) in [5.41, 5.74) is 3.86. The van der Waals surface area contributed by atoms with Crippen LogP contribution >= 0.6 is 0 Å². The highest BCUT2D eigenvalue weighted by molar-refractivity contribution is 5.99. The van der Waals surface area contributed by atoms with Crippen LogP contribution in [0.2, 0.25) is 0 Å².